The Labute approximate surface area is 538 Å². The number of unbranched alkanes of at least 4 members (excludes halogenated alkanes) is 27. The second-order valence-electron chi connectivity index (χ2n) is 25.0. The Morgan fingerprint density at radius 2 is 0.611 bits per heavy atom. The molecule has 9 rings (SSSR count). The molecule has 0 saturated heterocycles. The second-order valence-corrected chi connectivity index (χ2v) is 25.0. The molecule has 10 nitrogen and oxygen atoms in total. The SMILES string of the molecule is CCCCCCCCCCCCOc1ccc(-c2c3nc(c(-c4ccc(OCCCCCCCCCCCC)cc4)c4ccc([nH]4)c(-c4cncc(C(N)=O)c4)c4nc(c(-c5ccc(OCCCCCCCCCCCC)cc5)c5ccc2[nH]5)C=C4)C=C3)cc1. The minimum absolute atomic E-state index is 0.308. The summed E-state index contributed by atoms with van der Waals surface area (Å²) in [6.45, 7) is 8.91. The molecule has 10 heteroatoms. The largest absolute Gasteiger partial charge is 0.494 e. The number of aromatic amines is 2. The van der Waals surface area contributed by atoms with Gasteiger partial charge in [0.05, 0.1) is 48.2 Å². The molecule has 0 fully saturated rings. The summed E-state index contributed by atoms with van der Waals surface area (Å²) in [4.78, 5) is 36.1. The van der Waals surface area contributed by atoms with Gasteiger partial charge in [0, 0.05) is 62.3 Å². The number of aromatic nitrogens is 5. The van der Waals surface area contributed by atoms with Crippen LogP contribution < -0.4 is 19.9 Å². The number of benzene rings is 3. The lowest BCUT2D eigenvalue weighted by Crippen LogP contribution is -2.11. The second kappa shape index (κ2) is 36.8. The number of carbonyl (C=O) groups excluding carboxylic acids is 1. The van der Waals surface area contributed by atoms with Gasteiger partial charge >= 0.3 is 0 Å². The Morgan fingerprint density at radius 1 is 0.344 bits per heavy atom. The Balaban J connectivity index is 1.07. The van der Waals surface area contributed by atoms with Crippen LogP contribution in [-0.4, -0.2) is 50.6 Å². The number of rotatable bonds is 41. The minimum Gasteiger partial charge on any atom is -0.494 e. The van der Waals surface area contributed by atoms with E-state index >= 15 is 0 Å². The van der Waals surface area contributed by atoms with Crippen molar-refractivity contribution in [2.75, 3.05) is 19.8 Å². The molecule has 8 bridgehead atoms. The highest BCUT2D eigenvalue weighted by Gasteiger charge is 2.20. The Morgan fingerprint density at radius 3 is 0.889 bits per heavy atom. The minimum atomic E-state index is -0.555. The lowest BCUT2D eigenvalue weighted by Gasteiger charge is -2.10. The number of nitrogens with zero attached hydrogens (tertiary/aromatic N) is 3. The normalized spacial score (nSPS) is 11.9. The average molecular weight is 1210 g/mol. The smallest absolute Gasteiger partial charge is 0.250 e. The van der Waals surface area contributed by atoms with E-state index in [0.717, 1.165) is 115 Å². The first kappa shape index (κ1) is 66.7. The molecule has 0 unspecified atom stereocenters. The van der Waals surface area contributed by atoms with Crippen LogP contribution in [0.4, 0.5) is 0 Å². The van der Waals surface area contributed by atoms with Gasteiger partial charge in [0.25, 0.3) is 0 Å². The summed E-state index contributed by atoms with van der Waals surface area (Å²) >= 11 is 0. The zero-order valence-electron chi connectivity index (χ0n) is 54.7. The maximum atomic E-state index is 12.7. The van der Waals surface area contributed by atoms with Gasteiger partial charge in [0.2, 0.25) is 5.91 Å². The lowest BCUT2D eigenvalue weighted by atomic mass is 10.0. The van der Waals surface area contributed by atoms with Crippen molar-refractivity contribution in [1.82, 2.24) is 24.9 Å². The number of carbonyl (C=O) groups is 1. The van der Waals surface area contributed by atoms with Crippen LogP contribution in [0, 0.1) is 0 Å². The number of nitrogens with two attached hydrogens (primary N) is 1. The highest BCUT2D eigenvalue weighted by molar-refractivity contribution is 6.01. The summed E-state index contributed by atoms with van der Waals surface area (Å²) in [5.41, 5.74) is 20.1. The van der Waals surface area contributed by atoms with Gasteiger partial charge in [-0.1, -0.05) is 231 Å². The number of ether oxygens (including phenoxy) is 3. The van der Waals surface area contributed by atoms with Gasteiger partial charge in [0.1, 0.15) is 17.2 Å². The Hall–Kier alpha value is -7.72. The third kappa shape index (κ3) is 19.9. The molecule has 4 N–H and O–H groups in total. The first-order valence-corrected chi connectivity index (χ1v) is 35.0. The van der Waals surface area contributed by atoms with Crippen molar-refractivity contribution in [3.8, 4) is 61.8 Å². The predicted molar refractivity (Wildman–Crippen MR) is 379 cm³/mol. The third-order valence-corrected chi connectivity index (χ3v) is 17.8. The van der Waals surface area contributed by atoms with Crippen molar-refractivity contribution >= 4 is 52.3 Å². The fourth-order valence-corrected chi connectivity index (χ4v) is 12.6. The molecular weight excluding hydrogens is 1110 g/mol. The zero-order valence-corrected chi connectivity index (χ0v) is 54.7. The molecule has 4 aromatic heterocycles. The molecule has 476 valence electrons. The quantitative estimate of drug-likeness (QED) is 0.0324. The van der Waals surface area contributed by atoms with E-state index in [1.165, 1.54) is 180 Å². The van der Waals surface area contributed by atoms with Crippen molar-refractivity contribution in [3.05, 3.63) is 144 Å². The van der Waals surface area contributed by atoms with Crippen LogP contribution in [0.1, 0.15) is 247 Å². The Bertz CT molecular complexity index is 3470. The van der Waals surface area contributed by atoms with Crippen LogP contribution in [0.15, 0.2) is 116 Å². The maximum absolute atomic E-state index is 12.7. The monoisotopic (exact) mass is 1210 g/mol. The van der Waals surface area contributed by atoms with Crippen LogP contribution in [0.3, 0.4) is 0 Å². The van der Waals surface area contributed by atoms with Crippen LogP contribution in [0.25, 0.3) is 90.9 Å². The van der Waals surface area contributed by atoms with Gasteiger partial charge in [-0.3, -0.25) is 9.78 Å². The summed E-state index contributed by atoms with van der Waals surface area (Å²) in [6.07, 6.45) is 50.2. The van der Waals surface area contributed by atoms with E-state index in [1.54, 1.807) is 12.3 Å². The van der Waals surface area contributed by atoms with Crippen molar-refractivity contribution in [2.24, 2.45) is 5.73 Å². The molecule has 2 aliphatic rings. The molecule has 90 heavy (non-hydrogen) atoms. The van der Waals surface area contributed by atoms with Gasteiger partial charge in [-0.15, -0.1) is 0 Å². The van der Waals surface area contributed by atoms with Gasteiger partial charge < -0.3 is 29.9 Å². The summed E-state index contributed by atoms with van der Waals surface area (Å²) in [5, 5.41) is 0. The molecule has 0 saturated carbocycles. The molecule has 2 aliphatic heterocycles. The average Bonchev–Trinajstić information content (AvgIpc) is 1.63. The standard InChI is InChI=1S/C80H102N6O4/c1-4-7-10-13-16-19-22-25-28-31-54-88-65-40-34-60(35-41-65)76-68-46-48-70(83-68)77(61-36-42-66(43-37-61)89-55-32-29-26-23-20-17-14-11-8-5-2)72-50-52-74(85-72)79(63-57-64(80(81)87)59-82-58-63)75-53-51-73(86-75)78(71-49-47-69(76)84-71)62-38-44-67(45-39-62)90-56-33-30-27-24-21-18-15-12-9-6-3/h34-53,57-59,83,86H,4-33,54-56H2,1-3H3,(H2,81,87). The number of fused-ring (bicyclic) bond motifs is 8. The fraction of sp³-hybridized carbons (Fsp3) is 0.450. The molecule has 3 aromatic carbocycles. The van der Waals surface area contributed by atoms with Gasteiger partial charge in [-0.2, -0.15) is 0 Å². The van der Waals surface area contributed by atoms with Crippen molar-refractivity contribution in [2.45, 2.75) is 213 Å². The van der Waals surface area contributed by atoms with Crippen LogP contribution in [-0.2, 0) is 0 Å². The van der Waals surface area contributed by atoms with E-state index in [1.807, 2.05) is 0 Å². The molecule has 7 aromatic rings. The van der Waals surface area contributed by atoms with Gasteiger partial charge in [-0.25, -0.2) is 9.97 Å². The molecule has 0 aliphatic carbocycles. The number of pyridine rings is 1. The molecule has 0 spiro atoms. The highest BCUT2D eigenvalue weighted by Crippen LogP contribution is 2.40. The summed E-state index contributed by atoms with van der Waals surface area (Å²) in [5.74, 6) is 1.99. The highest BCUT2D eigenvalue weighted by atomic mass is 16.5. The number of primary amides is 1. The van der Waals surface area contributed by atoms with E-state index < -0.39 is 5.91 Å². The molecular formula is C80H102N6O4. The number of H-pyrrole nitrogens is 2. The van der Waals surface area contributed by atoms with Crippen LogP contribution in [0.5, 0.6) is 17.2 Å². The Kier molecular flexibility index (Phi) is 27.3. The third-order valence-electron chi connectivity index (χ3n) is 17.8. The van der Waals surface area contributed by atoms with Crippen molar-refractivity contribution < 1.29 is 19.0 Å². The molecule has 6 heterocycles. The molecule has 1 amide bonds. The topological polar surface area (TPSA) is 141 Å². The van der Waals surface area contributed by atoms with E-state index in [2.05, 4.69) is 157 Å². The zero-order chi connectivity index (χ0) is 62.4. The summed E-state index contributed by atoms with van der Waals surface area (Å²) in [7, 11) is 0. The maximum Gasteiger partial charge on any atom is 0.250 e. The van der Waals surface area contributed by atoms with Gasteiger partial charge in [-0.05, 0) is 127 Å². The van der Waals surface area contributed by atoms with E-state index in [0.29, 0.717) is 36.6 Å². The first-order valence-electron chi connectivity index (χ1n) is 35.0. The van der Waals surface area contributed by atoms with E-state index in [9.17, 15) is 4.79 Å². The number of hydrogen-bond donors (Lipinski definition) is 3. The fourth-order valence-electron chi connectivity index (χ4n) is 12.6. The lowest BCUT2D eigenvalue weighted by molar-refractivity contribution is 0.1000. The van der Waals surface area contributed by atoms with E-state index in [4.69, 9.17) is 29.9 Å². The number of nitrogens with one attached hydrogen (secondary N) is 2. The summed E-state index contributed by atoms with van der Waals surface area (Å²) < 4.78 is 19.1. The summed E-state index contributed by atoms with van der Waals surface area (Å²) in [6, 6.07) is 35.7. The van der Waals surface area contributed by atoms with Crippen molar-refractivity contribution in [1.29, 1.82) is 0 Å². The van der Waals surface area contributed by atoms with Crippen molar-refractivity contribution in [3.63, 3.8) is 0 Å². The number of amides is 1. The molecule has 0 atom stereocenters. The first-order chi connectivity index (χ1) is 44.4. The van der Waals surface area contributed by atoms with Gasteiger partial charge in [0.15, 0.2) is 0 Å². The predicted octanol–water partition coefficient (Wildman–Crippen LogP) is 22.7. The molecule has 0 radical (unpaired) electrons. The van der Waals surface area contributed by atoms with Crippen LogP contribution >= 0.6 is 0 Å². The number of hydrogen-bond acceptors (Lipinski definition) is 7. The van der Waals surface area contributed by atoms with E-state index in [-0.39, 0.29) is 0 Å². The van der Waals surface area contributed by atoms with Crippen LogP contribution in [0.2, 0.25) is 0 Å².